The summed E-state index contributed by atoms with van der Waals surface area (Å²) in [7, 11) is 0. The molecule has 0 aliphatic rings. The fraction of sp³-hybridized carbons (Fsp3) is 0.444. The largest absolute Gasteiger partial charge is 0.416 e. The lowest BCUT2D eigenvalue weighted by Gasteiger charge is -2.19. The van der Waals surface area contributed by atoms with Gasteiger partial charge in [0, 0.05) is 11.4 Å². The van der Waals surface area contributed by atoms with Crippen molar-refractivity contribution >= 4 is 17.3 Å². The zero-order valence-electron chi connectivity index (χ0n) is 15.2. The lowest BCUT2D eigenvalue weighted by atomic mass is 10.1. The quantitative estimate of drug-likeness (QED) is 0.585. The van der Waals surface area contributed by atoms with E-state index in [2.05, 4.69) is 20.6 Å². The van der Waals surface area contributed by atoms with Gasteiger partial charge in [0.05, 0.1) is 28.9 Å². The first kappa shape index (κ1) is 20.2. The standard InChI is InChI=1S/C18H23F3N4S/c1-5-22-17(23-10-16-12(3)24-13(4)26-16)25-11(2)14-7-6-8-15(9-14)18(19,20)21/h6-9,11H,5,10H2,1-4H3,(H2,22,23,25). The lowest BCUT2D eigenvalue weighted by molar-refractivity contribution is -0.137. The molecule has 26 heavy (non-hydrogen) atoms. The summed E-state index contributed by atoms with van der Waals surface area (Å²) in [6.07, 6.45) is -4.35. The molecule has 1 aromatic heterocycles. The lowest BCUT2D eigenvalue weighted by Crippen LogP contribution is -2.38. The van der Waals surface area contributed by atoms with Gasteiger partial charge in [-0.1, -0.05) is 12.1 Å². The highest BCUT2D eigenvalue weighted by Crippen LogP contribution is 2.30. The van der Waals surface area contributed by atoms with Crippen molar-refractivity contribution in [1.29, 1.82) is 0 Å². The molecule has 4 nitrogen and oxygen atoms in total. The van der Waals surface area contributed by atoms with Crippen LogP contribution in [0.1, 0.15) is 46.6 Å². The molecule has 0 radical (unpaired) electrons. The summed E-state index contributed by atoms with van der Waals surface area (Å²) in [5.41, 5.74) is 0.856. The van der Waals surface area contributed by atoms with Crippen LogP contribution in [0.4, 0.5) is 13.2 Å². The first-order valence-corrected chi connectivity index (χ1v) is 9.17. The fourth-order valence-electron chi connectivity index (χ4n) is 2.46. The molecule has 8 heteroatoms. The highest BCUT2D eigenvalue weighted by Gasteiger charge is 2.30. The third-order valence-corrected chi connectivity index (χ3v) is 4.85. The van der Waals surface area contributed by atoms with Crippen LogP contribution in [0.2, 0.25) is 0 Å². The maximum Gasteiger partial charge on any atom is 0.416 e. The number of nitrogens with one attached hydrogen (secondary N) is 2. The van der Waals surface area contributed by atoms with Gasteiger partial charge in [0.1, 0.15) is 0 Å². The van der Waals surface area contributed by atoms with Crippen LogP contribution in [0.5, 0.6) is 0 Å². The topological polar surface area (TPSA) is 49.3 Å². The van der Waals surface area contributed by atoms with Crippen LogP contribution in [0, 0.1) is 13.8 Å². The Bertz CT molecular complexity index is 768. The van der Waals surface area contributed by atoms with Gasteiger partial charge in [0.15, 0.2) is 5.96 Å². The molecule has 0 amide bonds. The van der Waals surface area contributed by atoms with E-state index in [4.69, 9.17) is 0 Å². The number of aliphatic imine (C=N–C) groups is 1. The fourth-order valence-corrected chi connectivity index (χ4v) is 3.33. The van der Waals surface area contributed by atoms with Gasteiger partial charge in [-0.15, -0.1) is 11.3 Å². The molecule has 1 unspecified atom stereocenters. The summed E-state index contributed by atoms with van der Waals surface area (Å²) < 4.78 is 38.7. The Kier molecular flexibility index (Phi) is 6.63. The minimum Gasteiger partial charge on any atom is -0.357 e. The van der Waals surface area contributed by atoms with Crippen LogP contribution in [-0.2, 0) is 12.7 Å². The monoisotopic (exact) mass is 384 g/mol. The molecule has 0 bridgehead atoms. The van der Waals surface area contributed by atoms with Crippen LogP contribution in [0.25, 0.3) is 0 Å². The first-order valence-electron chi connectivity index (χ1n) is 8.35. The number of halogens is 3. The average Bonchev–Trinajstić information content (AvgIpc) is 2.89. The van der Waals surface area contributed by atoms with E-state index in [0.717, 1.165) is 27.7 Å². The van der Waals surface area contributed by atoms with Crippen molar-refractivity contribution in [2.24, 2.45) is 4.99 Å². The van der Waals surface area contributed by atoms with Gasteiger partial charge in [-0.2, -0.15) is 13.2 Å². The average molecular weight is 384 g/mol. The second-order valence-corrected chi connectivity index (χ2v) is 7.21. The van der Waals surface area contributed by atoms with Crippen molar-refractivity contribution < 1.29 is 13.2 Å². The molecule has 0 aliphatic carbocycles. The van der Waals surface area contributed by atoms with Gasteiger partial charge >= 0.3 is 6.18 Å². The Balaban J connectivity index is 2.13. The highest BCUT2D eigenvalue weighted by molar-refractivity contribution is 7.11. The van der Waals surface area contributed by atoms with E-state index >= 15 is 0 Å². The van der Waals surface area contributed by atoms with E-state index in [0.29, 0.717) is 24.6 Å². The van der Waals surface area contributed by atoms with Crippen molar-refractivity contribution in [2.75, 3.05) is 6.54 Å². The molecule has 1 atom stereocenters. The van der Waals surface area contributed by atoms with E-state index in [9.17, 15) is 13.2 Å². The minimum absolute atomic E-state index is 0.320. The Hall–Kier alpha value is -2.09. The molecule has 0 fully saturated rings. The maximum absolute atomic E-state index is 12.9. The van der Waals surface area contributed by atoms with Crippen molar-refractivity contribution in [3.8, 4) is 0 Å². The highest BCUT2D eigenvalue weighted by atomic mass is 32.1. The molecular weight excluding hydrogens is 361 g/mol. The van der Waals surface area contributed by atoms with Crippen LogP contribution >= 0.6 is 11.3 Å². The zero-order chi connectivity index (χ0) is 19.3. The Morgan fingerprint density at radius 2 is 2.04 bits per heavy atom. The molecule has 0 saturated carbocycles. The van der Waals surface area contributed by atoms with E-state index in [1.165, 1.54) is 6.07 Å². The number of alkyl halides is 3. The number of hydrogen-bond donors (Lipinski definition) is 2. The van der Waals surface area contributed by atoms with Gasteiger partial charge in [0.25, 0.3) is 0 Å². The predicted octanol–water partition coefficient (Wildman–Crippen LogP) is 4.60. The number of thiazole rings is 1. The van der Waals surface area contributed by atoms with E-state index in [1.807, 2.05) is 27.7 Å². The summed E-state index contributed by atoms with van der Waals surface area (Å²) in [5, 5.41) is 7.28. The number of aryl methyl sites for hydroxylation is 2. The van der Waals surface area contributed by atoms with Crippen LogP contribution in [0.15, 0.2) is 29.3 Å². The van der Waals surface area contributed by atoms with E-state index < -0.39 is 11.7 Å². The number of nitrogens with zero attached hydrogens (tertiary/aromatic N) is 2. The third-order valence-electron chi connectivity index (χ3n) is 3.79. The molecule has 0 spiro atoms. The SMILES string of the molecule is CCNC(=NCc1sc(C)nc1C)NC(C)c1cccc(C(F)(F)F)c1. The first-order chi connectivity index (χ1) is 12.2. The van der Waals surface area contributed by atoms with Crippen molar-refractivity contribution in [3.63, 3.8) is 0 Å². The van der Waals surface area contributed by atoms with Gasteiger partial charge in [-0.05, 0) is 45.4 Å². The Morgan fingerprint density at radius 1 is 1.31 bits per heavy atom. The predicted molar refractivity (Wildman–Crippen MR) is 99.4 cm³/mol. The number of guanidine groups is 1. The molecular formula is C18H23F3N4S. The number of rotatable bonds is 5. The second kappa shape index (κ2) is 8.53. The van der Waals surface area contributed by atoms with Gasteiger partial charge in [-0.3, -0.25) is 0 Å². The summed E-state index contributed by atoms with van der Waals surface area (Å²) in [6, 6.07) is 5.01. The molecule has 1 aromatic carbocycles. The molecule has 2 N–H and O–H groups in total. The second-order valence-electron chi connectivity index (χ2n) is 5.93. The summed E-state index contributed by atoms with van der Waals surface area (Å²) in [6.45, 7) is 8.77. The van der Waals surface area contributed by atoms with E-state index in [1.54, 1.807) is 17.4 Å². The number of hydrogen-bond acceptors (Lipinski definition) is 3. The van der Waals surface area contributed by atoms with Gasteiger partial charge in [0.2, 0.25) is 0 Å². The van der Waals surface area contributed by atoms with E-state index in [-0.39, 0.29) is 6.04 Å². The van der Waals surface area contributed by atoms with Crippen molar-refractivity contribution in [3.05, 3.63) is 51.0 Å². The molecule has 142 valence electrons. The van der Waals surface area contributed by atoms with Crippen molar-refractivity contribution in [2.45, 2.75) is 46.5 Å². The Labute approximate surface area is 155 Å². The Morgan fingerprint density at radius 3 is 2.62 bits per heavy atom. The summed E-state index contributed by atoms with van der Waals surface area (Å²) in [5.74, 6) is 0.558. The third kappa shape index (κ3) is 5.45. The van der Waals surface area contributed by atoms with Crippen LogP contribution in [-0.4, -0.2) is 17.5 Å². The normalized spacial score (nSPS) is 13.6. The molecule has 1 heterocycles. The zero-order valence-corrected chi connectivity index (χ0v) is 16.1. The van der Waals surface area contributed by atoms with Gasteiger partial charge in [-0.25, -0.2) is 9.98 Å². The number of benzene rings is 1. The van der Waals surface area contributed by atoms with Gasteiger partial charge < -0.3 is 10.6 Å². The summed E-state index contributed by atoms with van der Waals surface area (Å²) >= 11 is 1.60. The smallest absolute Gasteiger partial charge is 0.357 e. The van der Waals surface area contributed by atoms with Crippen molar-refractivity contribution in [1.82, 2.24) is 15.6 Å². The molecule has 0 saturated heterocycles. The molecule has 2 aromatic rings. The number of aromatic nitrogens is 1. The summed E-state index contributed by atoms with van der Waals surface area (Å²) in [4.78, 5) is 9.99. The molecule has 2 rings (SSSR count). The minimum atomic E-state index is -4.35. The van der Waals surface area contributed by atoms with Crippen LogP contribution < -0.4 is 10.6 Å². The van der Waals surface area contributed by atoms with Crippen LogP contribution in [0.3, 0.4) is 0 Å². The molecule has 0 aliphatic heterocycles. The maximum atomic E-state index is 12.9.